The van der Waals surface area contributed by atoms with Crippen molar-refractivity contribution in [2.75, 3.05) is 20.3 Å². The number of ether oxygens (including phenoxy) is 1. The molecule has 5 nitrogen and oxygen atoms in total. The number of aliphatic hydroxyl groups is 1. The van der Waals surface area contributed by atoms with Gasteiger partial charge >= 0.3 is 0 Å². The van der Waals surface area contributed by atoms with Crippen molar-refractivity contribution in [1.82, 2.24) is 4.72 Å². The number of fused-ring (bicyclic) bond motifs is 1. The van der Waals surface area contributed by atoms with Gasteiger partial charge in [-0.3, -0.25) is 0 Å². The second-order valence-electron chi connectivity index (χ2n) is 5.54. The maximum absolute atomic E-state index is 12.5. The van der Waals surface area contributed by atoms with Crippen molar-refractivity contribution < 1.29 is 18.3 Å². The van der Waals surface area contributed by atoms with E-state index in [4.69, 9.17) is 4.74 Å². The van der Waals surface area contributed by atoms with Crippen molar-refractivity contribution in [3.8, 4) is 0 Å². The number of rotatable bonds is 7. The van der Waals surface area contributed by atoms with Crippen LogP contribution in [0.1, 0.15) is 13.3 Å². The number of nitrogens with one attached hydrogen (secondary N) is 1. The summed E-state index contributed by atoms with van der Waals surface area (Å²) < 4.78 is 32.4. The van der Waals surface area contributed by atoms with Gasteiger partial charge in [0.1, 0.15) is 0 Å². The van der Waals surface area contributed by atoms with Crippen LogP contribution in [0.2, 0.25) is 0 Å². The lowest BCUT2D eigenvalue weighted by molar-refractivity contribution is 0.0292. The number of sulfonamides is 1. The van der Waals surface area contributed by atoms with Crippen molar-refractivity contribution in [2.24, 2.45) is 0 Å². The van der Waals surface area contributed by atoms with E-state index >= 15 is 0 Å². The van der Waals surface area contributed by atoms with E-state index < -0.39 is 15.6 Å². The van der Waals surface area contributed by atoms with Crippen LogP contribution in [0.5, 0.6) is 0 Å². The molecule has 2 rings (SSSR count). The van der Waals surface area contributed by atoms with Crippen LogP contribution in [0.3, 0.4) is 0 Å². The number of benzene rings is 2. The van der Waals surface area contributed by atoms with Crippen molar-refractivity contribution >= 4 is 20.8 Å². The Bertz CT molecular complexity index is 735. The van der Waals surface area contributed by atoms with Crippen molar-refractivity contribution in [3.63, 3.8) is 0 Å². The Hall–Kier alpha value is -1.47. The molecule has 120 valence electrons. The van der Waals surface area contributed by atoms with Crippen molar-refractivity contribution in [2.45, 2.75) is 23.8 Å². The van der Waals surface area contributed by atoms with Crippen LogP contribution < -0.4 is 4.72 Å². The Kier molecular flexibility index (Phi) is 5.18. The van der Waals surface area contributed by atoms with E-state index in [0.717, 1.165) is 5.39 Å². The Morgan fingerprint density at radius 2 is 1.86 bits per heavy atom. The van der Waals surface area contributed by atoms with Crippen LogP contribution in [0, 0.1) is 0 Å². The highest BCUT2D eigenvalue weighted by Crippen LogP contribution is 2.23. The third-order valence-corrected chi connectivity index (χ3v) is 4.99. The van der Waals surface area contributed by atoms with Gasteiger partial charge in [-0.05, 0) is 18.4 Å². The molecule has 0 amide bonds. The van der Waals surface area contributed by atoms with Gasteiger partial charge in [0.15, 0.2) is 0 Å². The lowest BCUT2D eigenvalue weighted by atomic mass is 10.0. The molecule has 0 bridgehead atoms. The van der Waals surface area contributed by atoms with Crippen LogP contribution >= 0.6 is 0 Å². The van der Waals surface area contributed by atoms with Gasteiger partial charge in [-0.25, -0.2) is 13.1 Å². The van der Waals surface area contributed by atoms with Gasteiger partial charge in [-0.1, -0.05) is 36.4 Å². The van der Waals surface area contributed by atoms with Crippen LogP contribution in [-0.2, 0) is 14.8 Å². The number of hydrogen-bond acceptors (Lipinski definition) is 4. The van der Waals surface area contributed by atoms with E-state index in [2.05, 4.69) is 4.72 Å². The summed E-state index contributed by atoms with van der Waals surface area (Å²) in [4.78, 5) is 0.216. The second-order valence-corrected chi connectivity index (χ2v) is 7.28. The Morgan fingerprint density at radius 1 is 1.18 bits per heavy atom. The lowest BCUT2D eigenvalue weighted by Crippen LogP contribution is -2.41. The summed E-state index contributed by atoms with van der Waals surface area (Å²) in [5, 5.41) is 11.7. The largest absolute Gasteiger partial charge is 0.389 e. The van der Waals surface area contributed by atoms with E-state index in [0.29, 0.717) is 18.4 Å². The highest BCUT2D eigenvalue weighted by Gasteiger charge is 2.24. The summed E-state index contributed by atoms with van der Waals surface area (Å²) in [7, 11) is -2.16. The molecule has 1 unspecified atom stereocenters. The Morgan fingerprint density at radius 3 is 2.59 bits per heavy atom. The topological polar surface area (TPSA) is 75.6 Å². The summed E-state index contributed by atoms with van der Waals surface area (Å²) in [5.74, 6) is 0. The fourth-order valence-corrected chi connectivity index (χ4v) is 3.56. The van der Waals surface area contributed by atoms with Gasteiger partial charge in [0.25, 0.3) is 0 Å². The fourth-order valence-electron chi connectivity index (χ4n) is 2.17. The van der Waals surface area contributed by atoms with Gasteiger partial charge in [0.2, 0.25) is 10.0 Å². The molecule has 1 atom stereocenters. The van der Waals surface area contributed by atoms with Crippen LogP contribution in [0.25, 0.3) is 10.8 Å². The third kappa shape index (κ3) is 4.04. The molecule has 0 saturated carbocycles. The molecule has 0 fully saturated rings. The highest BCUT2D eigenvalue weighted by molar-refractivity contribution is 7.89. The minimum absolute atomic E-state index is 0.0675. The van der Waals surface area contributed by atoms with E-state index in [-0.39, 0.29) is 11.4 Å². The molecule has 2 N–H and O–H groups in total. The average Bonchev–Trinajstić information content (AvgIpc) is 2.51. The molecular weight excluding hydrogens is 302 g/mol. The molecule has 6 heteroatoms. The quantitative estimate of drug-likeness (QED) is 0.816. The molecule has 22 heavy (non-hydrogen) atoms. The SMILES string of the molecule is COCCC(C)(O)CNS(=O)(=O)c1cccc2ccccc12. The molecule has 2 aromatic carbocycles. The van der Waals surface area contributed by atoms with Gasteiger partial charge in [-0.2, -0.15) is 0 Å². The predicted octanol–water partition coefficient (Wildman–Crippen LogP) is 1.91. The zero-order valence-electron chi connectivity index (χ0n) is 12.7. The first kappa shape index (κ1) is 16.9. The van der Waals surface area contributed by atoms with Crippen LogP contribution in [0.15, 0.2) is 47.4 Å². The highest BCUT2D eigenvalue weighted by atomic mass is 32.2. The first-order valence-corrected chi connectivity index (χ1v) is 8.53. The number of hydrogen-bond donors (Lipinski definition) is 2. The zero-order valence-corrected chi connectivity index (χ0v) is 13.6. The van der Waals surface area contributed by atoms with E-state index in [1.54, 1.807) is 31.2 Å². The summed E-state index contributed by atoms with van der Waals surface area (Å²) in [6.45, 7) is 1.88. The summed E-state index contributed by atoms with van der Waals surface area (Å²) in [6.07, 6.45) is 0.349. The van der Waals surface area contributed by atoms with Crippen molar-refractivity contribution in [3.05, 3.63) is 42.5 Å². The molecular formula is C16H21NO4S. The summed E-state index contributed by atoms with van der Waals surface area (Å²) >= 11 is 0. The first-order valence-electron chi connectivity index (χ1n) is 7.04. The minimum atomic E-state index is -3.70. The molecule has 0 aliphatic rings. The standard InChI is InChI=1S/C16H21NO4S/c1-16(18,10-11-21-2)12-17-22(19,20)15-9-5-7-13-6-3-4-8-14(13)15/h3-9,17-18H,10-12H2,1-2H3. The minimum Gasteiger partial charge on any atom is -0.389 e. The smallest absolute Gasteiger partial charge is 0.241 e. The third-order valence-electron chi connectivity index (χ3n) is 3.53. The first-order chi connectivity index (χ1) is 10.4. The molecule has 0 aromatic heterocycles. The molecule has 0 spiro atoms. The van der Waals surface area contributed by atoms with E-state index in [9.17, 15) is 13.5 Å². The molecule has 0 heterocycles. The fraction of sp³-hybridized carbons (Fsp3) is 0.375. The number of methoxy groups -OCH3 is 1. The zero-order chi connectivity index (χ0) is 16.2. The normalized spacial score (nSPS) is 14.9. The van der Waals surface area contributed by atoms with Gasteiger partial charge in [0.05, 0.1) is 10.5 Å². The van der Waals surface area contributed by atoms with Gasteiger partial charge in [0, 0.05) is 32.1 Å². The van der Waals surface area contributed by atoms with Crippen molar-refractivity contribution in [1.29, 1.82) is 0 Å². The molecule has 0 aliphatic heterocycles. The maximum Gasteiger partial charge on any atom is 0.241 e. The van der Waals surface area contributed by atoms with E-state index in [1.807, 2.05) is 18.2 Å². The monoisotopic (exact) mass is 323 g/mol. The predicted molar refractivity (Wildman–Crippen MR) is 86.3 cm³/mol. The lowest BCUT2D eigenvalue weighted by Gasteiger charge is -2.23. The van der Waals surface area contributed by atoms with Gasteiger partial charge < -0.3 is 9.84 Å². The van der Waals surface area contributed by atoms with Crippen LogP contribution in [-0.4, -0.2) is 39.4 Å². The van der Waals surface area contributed by atoms with Gasteiger partial charge in [-0.15, -0.1) is 0 Å². The molecule has 0 saturated heterocycles. The van der Waals surface area contributed by atoms with Crippen LogP contribution in [0.4, 0.5) is 0 Å². The molecule has 2 aromatic rings. The summed E-state index contributed by atoms with van der Waals surface area (Å²) in [5.41, 5.74) is -1.16. The van der Waals surface area contributed by atoms with E-state index in [1.165, 1.54) is 7.11 Å². The second kappa shape index (κ2) is 6.75. The molecule has 0 radical (unpaired) electrons. The maximum atomic E-state index is 12.5. The average molecular weight is 323 g/mol. The molecule has 0 aliphatic carbocycles. The Labute approximate surface area is 131 Å². The Balaban J connectivity index is 2.23. The summed E-state index contributed by atoms with van der Waals surface area (Å²) in [6, 6.07) is 12.4.